The van der Waals surface area contributed by atoms with Crippen molar-refractivity contribution in [2.24, 2.45) is 7.05 Å². The molecule has 15 heteroatoms. The highest BCUT2D eigenvalue weighted by molar-refractivity contribution is 7.44. The van der Waals surface area contributed by atoms with E-state index in [4.69, 9.17) is 32.4 Å². The Hall–Kier alpha value is -4.16. The number of aromatic nitrogens is 2. The van der Waals surface area contributed by atoms with E-state index in [2.05, 4.69) is 77.3 Å². The van der Waals surface area contributed by atoms with Crippen molar-refractivity contribution in [3.8, 4) is 17.6 Å². The molecule has 330 valence electrons. The van der Waals surface area contributed by atoms with Gasteiger partial charge in [0.1, 0.15) is 41.5 Å². The molecule has 0 bridgehead atoms. The van der Waals surface area contributed by atoms with Crippen LogP contribution in [0.2, 0.25) is 18.1 Å². The summed E-state index contributed by atoms with van der Waals surface area (Å²) in [6.07, 6.45) is -1.86. The fourth-order valence-corrected chi connectivity index (χ4v) is 10.4. The first-order valence-electron chi connectivity index (χ1n) is 20.7. The highest BCUT2D eigenvalue weighted by Gasteiger charge is 2.54. The summed E-state index contributed by atoms with van der Waals surface area (Å²) in [6, 6.07) is 27.7. The minimum Gasteiger partial charge on any atom is -0.497 e. The lowest BCUT2D eigenvalue weighted by molar-refractivity contribution is -0.0811. The fourth-order valence-electron chi connectivity index (χ4n) is 7.35. The van der Waals surface area contributed by atoms with Crippen molar-refractivity contribution in [2.75, 3.05) is 27.4 Å². The van der Waals surface area contributed by atoms with Crippen LogP contribution in [0.3, 0.4) is 0 Å². The van der Waals surface area contributed by atoms with Crippen LogP contribution in [0, 0.1) is 11.3 Å². The predicted octanol–water partition coefficient (Wildman–Crippen LogP) is 8.59. The van der Waals surface area contributed by atoms with Crippen LogP contribution in [-0.4, -0.2) is 80.4 Å². The lowest BCUT2D eigenvalue weighted by Crippen LogP contribution is -2.51. The van der Waals surface area contributed by atoms with Gasteiger partial charge >= 0.3 is 5.69 Å². The summed E-state index contributed by atoms with van der Waals surface area (Å²) in [5.74, 6) is 1.39. The summed E-state index contributed by atoms with van der Waals surface area (Å²) in [5, 5.41) is 9.26. The standard InChI is InChI=1S/C46H63N4O9PSi/c1-31(2)50(32(3)4)60(56-28-16-27-47)58-42-40(38-29-49(8)44(52)48-43(38)51)57-39(41(42)59-61(11,12)45(5,6)7)30-55-46(33-17-14-13-15-18-33,34-19-23-36(53-9)24-20-34)35-21-25-37(54-10)26-22-35/h13-15,17-26,29,31-32,39-42H,16,28,30H2,1-12H3,(H,48,51,52)/t39-,40+,41-,42+,60?/m1/s1. The number of ether oxygens (including phenoxy) is 4. The fraction of sp³-hybridized carbons (Fsp3) is 0.500. The molecule has 0 amide bonds. The number of aryl methyl sites for hydroxylation is 1. The van der Waals surface area contributed by atoms with E-state index >= 15 is 0 Å². The van der Waals surface area contributed by atoms with Gasteiger partial charge in [0.25, 0.3) is 14.1 Å². The molecule has 0 radical (unpaired) electrons. The van der Waals surface area contributed by atoms with E-state index in [1.165, 1.54) is 10.8 Å². The molecule has 0 spiro atoms. The number of H-pyrrole nitrogens is 1. The number of methoxy groups -OCH3 is 2. The number of nitrogens with zero attached hydrogens (tertiary/aromatic N) is 3. The first-order valence-corrected chi connectivity index (χ1v) is 24.8. The number of aromatic amines is 1. The van der Waals surface area contributed by atoms with E-state index < -0.39 is 58.1 Å². The van der Waals surface area contributed by atoms with Gasteiger partial charge in [0.15, 0.2) is 8.32 Å². The van der Waals surface area contributed by atoms with Gasteiger partial charge < -0.3 is 37.0 Å². The van der Waals surface area contributed by atoms with E-state index in [0.29, 0.717) is 11.5 Å². The van der Waals surface area contributed by atoms with E-state index in [-0.39, 0.29) is 42.3 Å². The highest BCUT2D eigenvalue weighted by atomic mass is 31.2. The summed E-state index contributed by atoms with van der Waals surface area (Å²) >= 11 is 0. The molecule has 13 nitrogen and oxygen atoms in total. The summed E-state index contributed by atoms with van der Waals surface area (Å²) in [7, 11) is 0.365. The Bertz CT molecular complexity index is 2130. The molecule has 2 heterocycles. The summed E-state index contributed by atoms with van der Waals surface area (Å²) in [4.78, 5) is 29.0. The molecule has 1 unspecified atom stereocenters. The van der Waals surface area contributed by atoms with Crippen LogP contribution in [0.25, 0.3) is 0 Å². The Kier molecular flexibility index (Phi) is 16.0. The van der Waals surface area contributed by atoms with Crippen LogP contribution in [0.5, 0.6) is 11.5 Å². The Morgan fingerprint density at radius 3 is 1.90 bits per heavy atom. The first kappa shape index (κ1) is 47.9. The van der Waals surface area contributed by atoms with E-state index in [0.717, 1.165) is 16.7 Å². The second-order valence-electron chi connectivity index (χ2n) is 17.3. The molecule has 3 aromatic carbocycles. The maximum atomic E-state index is 13.8. The molecule has 1 aromatic heterocycles. The molecule has 5 rings (SSSR count). The second kappa shape index (κ2) is 20.3. The molecule has 1 fully saturated rings. The topological polar surface area (TPSA) is 146 Å². The van der Waals surface area contributed by atoms with Gasteiger partial charge in [-0.25, -0.2) is 9.46 Å². The molecule has 0 aliphatic carbocycles. The van der Waals surface area contributed by atoms with Gasteiger partial charge in [-0.15, -0.1) is 0 Å². The molecular weight excluding hydrogens is 812 g/mol. The van der Waals surface area contributed by atoms with Crippen molar-refractivity contribution in [3.63, 3.8) is 0 Å². The van der Waals surface area contributed by atoms with Gasteiger partial charge in [-0.05, 0) is 86.8 Å². The predicted molar refractivity (Wildman–Crippen MR) is 240 cm³/mol. The average Bonchev–Trinajstić information content (AvgIpc) is 3.54. The number of nitrogens with one attached hydrogen (secondary N) is 1. The van der Waals surface area contributed by atoms with Crippen molar-refractivity contribution in [3.05, 3.63) is 128 Å². The van der Waals surface area contributed by atoms with Crippen molar-refractivity contribution in [1.82, 2.24) is 14.2 Å². The second-order valence-corrected chi connectivity index (χ2v) is 23.5. The van der Waals surface area contributed by atoms with Crippen molar-refractivity contribution in [2.45, 2.75) is 115 Å². The quantitative estimate of drug-likeness (QED) is 0.0418. The zero-order valence-corrected chi connectivity index (χ0v) is 39.5. The Morgan fingerprint density at radius 1 is 0.869 bits per heavy atom. The molecule has 61 heavy (non-hydrogen) atoms. The molecule has 4 aromatic rings. The minimum absolute atomic E-state index is 0.00529. The van der Waals surface area contributed by atoms with Crippen LogP contribution in [0.1, 0.15) is 83.2 Å². The lowest BCUT2D eigenvalue weighted by atomic mass is 9.80. The number of rotatable bonds is 19. The third kappa shape index (κ3) is 10.7. The first-order chi connectivity index (χ1) is 28.9. The van der Waals surface area contributed by atoms with Crippen LogP contribution < -0.4 is 20.7 Å². The molecule has 1 aliphatic rings. The molecule has 1 N–H and O–H groups in total. The maximum absolute atomic E-state index is 13.8. The van der Waals surface area contributed by atoms with E-state index in [1.807, 2.05) is 78.9 Å². The zero-order valence-electron chi connectivity index (χ0n) is 37.6. The maximum Gasteiger partial charge on any atom is 0.328 e. The minimum atomic E-state index is -2.63. The van der Waals surface area contributed by atoms with Crippen molar-refractivity contribution < 1.29 is 32.4 Å². The third-order valence-electron chi connectivity index (χ3n) is 11.5. The molecule has 1 saturated heterocycles. The Labute approximate surface area is 363 Å². The van der Waals surface area contributed by atoms with Gasteiger partial charge in [-0.2, -0.15) is 5.26 Å². The number of benzene rings is 3. The van der Waals surface area contributed by atoms with Gasteiger partial charge in [0, 0.05) is 25.3 Å². The number of nitriles is 1. The zero-order chi connectivity index (χ0) is 44.7. The Balaban J connectivity index is 1.74. The smallest absolute Gasteiger partial charge is 0.328 e. The number of hydrogen-bond donors (Lipinski definition) is 1. The monoisotopic (exact) mass is 874 g/mol. The average molecular weight is 875 g/mol. The lowest BCUT2D eigenvalue weighted by Gasteiger charge is -2.43. The van der Waals surface area contributed by atoms with Gasteiger partial charge in [0.2, 0.25) is 0 Å². The molecule has 0 saturated carbocycles. The van der Waals surface area contributed by atoms with Crippen molar-refractivity contribution >= 4 is 16.8 Å². The number of hydrogen-bond acceptors (Lipinski definition) is 11. The molecular formula is C46H63N4O9PSi. The molecule has 5 atom stereocenters. The normalized spacial score (nSPS) is 19.0. The third-order valence-corrected chi connectivity index (χ3v) is 18.1. The van der Waals surface area contributed by atoms with Gasteiger partial charge in [-0.1, -0.05) is 75.4 Å². The van der Waals surface area contributed by atoms with Gasteiger partial charge in [0.05, 0.1) is 45.5 Å². The summed E-state index contributed by atoms with van der Waals surface area (Å²) < 4.78 is 50.1. The SMILES string of the molecule is COc1ccc(C(OC[C@H]2O[C@@H](c3cn(C)c(=O)[nH]c3=O)[C@H](OP(OCCC#N)N(C(C)C)C(C)C)[C@@H]2O[Si](C)(C)C(C)(C)C)(c2ccccc2)c2ccc(OC)cc2)cc1. The van der Waals surface area contributed by atoms with Crippen molar-refractivity contribution in [1.29, 1.82) is 5.26 Å². The van der Waals surface area contributed by atoms with E-state index in [1.54, 1.807) is 21.3 Å². The van der Waals surface area contributed by atoms with Crippen LogP contribution >= 0.6 is 8.53 Å². The molecule has 1 aliphatic heterocycles. The largest absolute Gasteiger partial charge is 0.497 e. The summed E-state index contributed by atoms with van der Waals surface area (Å²) in [5.41, 5.74) is 0.395. The Morgan fingerprint density at radius 2 is 1.41 bits per heavy atom. The van der Waals surface area contributed by atoms with Gasteiger partial charge in [-0.3, -0.25) is 9.78 Å². The highest BCUT2D eigenvalue weighted by Crippen LogP contribution is 2.53. The summed E-state index contributed by atoms with van der Waals surface area (Å²) in [6.45, 7) is 19.2. The van der Waals surface area contributed by atoms with Crippen LogP contribution in [0.15, 0.2) is 94.6 Å². The van der Waals surface area contributed by atoms with Crippen LogP contribution in [0.4, 0.5) is 0 Å². The van der Waals surface area contributed by atoms with Crippen LogP contribution in [-0.2, 0) is 35.6 Å². The van der Waals surface area contributed by atoms with E-state index in [9.17, 15) is 14.9 Å².